The molecule has 1 heterocycles. The number of benzene rings is 2. The van der Waals surface area contributed by atoms with Crippen LogP contribution in [-0.2, 0) is 43.2 Å². The minimum Gasteiger partial charge on any atom is -0.378 e. The molecule has 11 nitrogen and oxygen atoms in total. The molecular weight excluding hydrogens is 608 g/mol. The van der Waals surface area contributed by atoms with Crippen molar-refractivity contribution < 1.29 is 23.9 Å². The lowest BCUT2D eigenvalue weighted by molar-refractivity contribution is -0.141. The van der Waals surface area contributed by atoms with Crippen LogP contribution in [0.3, 0.4) is 0 Å². The van der Waals surface area contributed by atoms with Crippen molar-refractivity contribution >= 4 is 23.6 Å². The largest absolute Gasteiger partial charge is 0.378 e. The number of unbranched alkanes of at least 4 members (excludes halogenated alkanes) is 2. The van der Waals surface area contributed by atoms with E-state index in [-0.39, 0.29) is 36.7 Å². The highest BCUT2D eigenvalue weighted by atomic mass is 16.5. The second kappa shape index (κ2) is 19.3. The molecule has 4 rings (SSSR count). The molecule has 0 radical (unpaired) electrons. The molecule has 4 amide bonds. The minimum absolute atomic E-state index is 0.0720. The average molecular weight is 663 g/mol. The fourth-order valence-electron chi connectivity index (χ4n) is 6.42. The number of nitrogens with zero attached hydrogens (tertiary/aromatic N) is 1. The Morgan fingerprint density at radius 3 is 2.08 bits per heavy atom. The number of carbonyl (C=O) groups is 4. The molecule has 262 valence electrons. The van der Waals surface area contributed by atoms with Crippen LogP contribution in [0.2, 0.25) is 0 Å². The number of nitrogens with one attached hydrogen (secondary N) is 4. The Morgan fingerprint density at radius 2 is 1.44 bits per heavy atom. The molecule has 2 aromatic carbocycles. The molecule has 11 heteroatoms. The van der Waals surface area contributed by atoms with Crippen LogP contribution in [0.25, 0.3) is 0 Å². The quantitative estimate of drug-likeness (QED) is 0.153. The molecule has 1 aliphatic carbocycles. The van der Waals surface area contributed by atoms with Crippen molar-refractivity contribution in [2.45, 2.75) is 89.4 Å². The van der Waals surface area contributed by atoms with Gasteiger partial charge in [0.2, 0.25) is 23.6 Å². The second-order valence-corrected chi connectivity index (χ2v) is 13.4. The smallest absolute Gasteiger partial charge is 0.245 e. The Hall–Kier alpha value is -3.80. The third-order valence-electron chi connectivity index (χ3n) is 9.01. The van der Waals surface area contributed by atoms with Gasteiger partial charge in [-0.3, -0.25) is 19.2 Å². The van der Waals surface area contributed by atoms with Gasteiger partial charge in [-0.1, -0.05) is 81.3 Å². The molecule has 2 aliphatic rings. The Balaban J connectivity index is 1.42. The number of rotatable bonds is 18. The van der Waals surface area contributed by atoms with Gasteiger partial charge in [0.05, 0.1) is 19.8 Å². The van der Waals surface area contributed by atoms with Crippen molar-refractivity contribution in [3.05, 3.63) is 71.3 Å². The van der Waals surface area contributed by atoms with E-state index >= 15 is 0 Å². The highest BCUT2D eigenvalue weighted by Crippen LogP contribution is 2.21. The van der Waals surface area contributed by atoms with Gasteiger partial charge in [0.1, 0.15) is 18.1 Å². The minimum atomic E-state index is -0.896. The lowest BCUT2D eigenvalue weighted by Crippen LogP contribution is -2.58. The summed E-state index contributed by atoms with van der Waals surface area (Å²) in [7, 11) is 0. The van der Waals surface area contributed by atoms with Crippen molar-refractivity contribution in [2.24, 2.45) is 11.7 Å². The van der Waals surface area contributed by atoms with Crippen LogP contribution in [-0.4, -0.2) is 92.1 Å². The number of hydrogen-bond acceptors (Lipinski definition) is 7. The van der Waals surface area contributed by atoms with Gasteiger partial charge in [-0.15, -0.1) is 0 Å². The average Bonchev–Trinajstić information content (AvgIpc) is 3.51. The molecule has 1 fully saturated rings. The van der Waals surface area contributed by atoms with Crippen molar-refractivity contribution in [2.75, 3.05) is 39.4 Å². The predicted molar refractivity (Wildman–Crippen MR) is 186 cm³/mol. The Kier molecular flexibility index (Phi) is 14.9. The van der Waals surface area contributed by atoms with Crippen LogP contribution in [0.5, 0.6) is 0 Å². The summed E-state index contributed by atoms with van der Waals surface area (Å²) in [5.74, 6) is -1.20. The Bertz CT molecular complexity index is 1310. The molecule has 1 saturated heterocycles. The van der Waals surface area contributed by atoms with Gasteiger partial charge in [-0.05, 0) is 61.3 Å². The van der Waals surface area contributed by atoms with Crippen molar-refractivity contribution in [3.63, 3.8) is 0 Å². The number of nitrogens with two attached hydrogens (primary N) is 1. The maximum Gasteiger partial charge on any atom is 0.245 e. The molecule has 1 aliphatic heterocycles. The Morgan fingerprint density at radius 1 is 0.812 bits per heavy atom. The maximum atomic E-state index is 13.9. The van der Waals surface area contributed by atoms with Crippen molar-refractivity contribution in [3.8, 4) is 0 Å². The van der Waals surface area contributed by atoms with E-state index in [2.05, 4.69) is 33.4 Å². The van der Waals surface area contributed by atoms with Gasteiger partial charge >= 0.3 is 0 Å². The monoisotopic (exact) mass is 662 g/mol. The lowest BCUT2D eigenvalue weighted by atomic mass is 10.00. The van der Waals surface area contributed by atoms with Crippen LogP contribution in [0.15, 0.2) is 54.6 Å². The van der Waals surface area contributed by atoms with Crippen LogP contribution < -0.4 is 27.0 Å². The zero-order valence-electron chi connectivity index (χ0n) is 28.5. The normalized spacial score (nSPS) is 16.5. The molecule has 0 bridgehead atoms. The SMILES string of the molecule is CC(C)C[C@@H](NC(=O)[C@@H](Cc1ccccc1)NC(=O)CNC1Cc2ccccc2C1)C(=O)N[C@H](CCCCCN)C(=O)N1CCOCC1. The van der Waals surface area contributed by atoms with Gasteiger partial charge in [0.15, 0.2) is 0 Å². The van der Waals surface area contributed by atoms with E-state index in [1.807, 2.05) is 56.3 Å². The summed E-state index contributed by atoms with van der Waals surface area (Å²) < 4.78 is 5.42. The second-order valence-electron chi connectivity index (χ2n) is 13.4. The summed E-state index contributed by atoms with van der Waals surface area (Å²) in [6, 6.07) is 15.4. The van der Waals surface area contributed by atoms with Crippen molar-refractivity contribution in [1.82, 2.24) is 26.2 Å². The molecule has 0 unspecified atom stereocenters. The Labute approximate surface area is 285 Å². The van der Waals surface area contributed by atoms with Gasteiger partial charge in [0.25, 0.3) is 0 Å². The van der Waals surface area contributed by atoms with E-state index in [0.29, 0.717) is 45.7 Å². The lowest BCUT2D eigenvalue weighted by Gasteiger charge is -2.32. The van der Waals surface area contributed by atoms with E-state index in [4.69, 9.17) is 10.5 Å². The zero-order valence-corrected chi connectivity index (χ0v) is 28.5. The number of amides is 4. The zero-order chi connectivity index (χ0) is 34.3. The molecule has 6 N–H and O–H groups in total. The fourth-order valence-corrected chi connectivity index (χ4v) is 6.42. The summed E-state index contributed by atoms with van der Waals surface area (Å²) in [6.45, 7) is 6.48. The first kappa shape index (κ1) is 37.0. The highest BCUT2D eigenvalue weighted by molar-refractivity contribution is 5.94. The van der Waals surface area contributed by atoms with Gasteiger partial charge < -0.3 is 36.6 Å². The molecule has 48 heavy (non-hydrogen) atoms. The van der Waals surface area contributed by atoms with Crippen LogP contribution in [0.1, 0.15) is 62.6 Å². The van der Waals surface area contributed by atoms with E-state index in [9.17, 15) is 19.2 Å². The van der Waals surface area contributed by atoms with Gasteiger partial charge in [-0.25, -0.2) is 0 Å². The number of fused-ring (bicyclic) bond motifs is 1. The number of morpholine rings is 1. The molecule has 0 spiro atoms. The van der Waals surface area contributed by atoms with E-state index < -0.39 is 29.9 Å². The summed E-state index contributed by atoms with van der Waals surface area (Å²) in [5, 5.41) is 12.2. The first-order valence-electron chi connectivity index (χ1n) is 17.5. The summed E-state index contributed by atoms with van der Waals surface area (Å²) in [5.41, 5.74) is 9.13. The van der Waals surface area contributed by atoms with Crippen LogP contribution >= 0.6 is 0 Å². The molecule has 2 aromatic rings. The highest BCUT2D eigenvalue weighted by Gasteiger charge is 2.32. The fraction of sp³-hybridized carbons (Fsp3) is 0.568. The maximum absolute atomic E-state index is 13.9. The first-order chi connectivity index (χ1) is 23.2. The standard InChI is InChI=1S/C37H54N6O5/c1-26(2)21-32(35(45)41-31(15-7-4-10-16-38)37(47)43-17-19-48-20-18-43)42-36(46)33(22-27-11-5-3-6-12-27)40-34(44)25-39-30-23-28-13-8-9-14-29(28)24-30/h3,5-6,8-9,11-14,26,30-33,39H,4,7,10,15-25,38H2,1-2H3,(H,40,44)(H,41,45)(H,42,46)/t31-,32-,33-/m1/s1. The molecular formula is C37H54N6O5. The number of carbonyl (C=O) groups excluding carboxylic acids is 4. The van der Waals surface area contributed by atoms with Crippen LogP contribution in [0.4, 0.5) is 0 Å². The van der Waals surface area contributed by atoms with E-state index in [0.717, 1.165) is 37.7 Å². The summed E-state index contributed by atoms with van der Waals surface area (Å²) >= 11 is 0. The van der Waals surface area contributed by atoms with Crippen molar-refractivity contribution in [1.29, 1.82) is 0 Å². The van der Waals surface area contributed by atoms with E-state index in [1.165, 1.54) is 11.1 Å². The topological polar surface area (TPSA) is 155 Å². The molecule has 0 aromatic heterocycles. The van der Waals surface area contributed by atoms with Crippen LogP contribution in [0, 0.1) is 5.92 Å². The third kappa shape index (κ3) is 11.7. The molecule has 3 atom stereocenters. The van der Waals surface area contributed by atoms with Gasteiger partial charge in [0, 0.05) is 25.6 Å². The first-order valence-corrected chi connectivity index (χ1v) is 17.5. The van der Waals surface area contributed by atoms with Gasteiger partial charge in [-0.2, -0.15) is 0 Å². The third-order valence-corrected chi connectivity index (χ3v) is 9.01. The van der Waals surface area contributed by atoms with E-state index in [1.54, 1.807) is 4.90 Å². The summed E-state index contributed by atoms with van der Waals surface area (Å²) in [6.07, 6.45) is 5.27. The number of ether oxygens (including phenoxy) is 1. The molecule has 0 saturated carbocycles. The summed E-state index contributed by atoms with van der Waals surface area (Å²) in [4.78, 5) is 56.1. The number of hydrogen-bond donors (Lipinski definition) is 5. The predicted octanol–water partition coefficient (Wildman–Crippen LogP) is 1.86.